The summed E-state index contributed by atoms with van der Waals surface area (Å²) in [6, 6.07) is 14.1. The zero-order chi connectivity index (χ0) is 23.4. The molecule has 2 aliphatic rings. The highest BCUT2D eigenvalue weighted by molar-refractivity contribution is 9.10. The molecule has 0 unspecified atom stereocenters. The van der Waals surface area contributed by atoms with Gasteiger partial charge in [-0.2, -0.15) is 0 Å². The average molecular weight is 534 g/mol. The molecule has 4 rings (SSSR count). The number of halogens is 1. The standard InChI is InChI=1S/C26H33BrN2O3S/c1-2-25(23-11-10-20-7-3-4-8-22(20)17-23)28-26(30)21-12-14-29(15-13-21)33(31,32)18-19-6-5-9-24(27)16-19/h5-6,9-11,16-17,21,25H,2-4,7-8,12-15,18H2,1H3,(H,28,30)/t25-/m1/s1. The second kappa shape index (κ2) is 10.7. The number of amides is 1. The molecule has 0 spiro atoms. The third-order valence-electron chi connectivity index (χ3n) is 6.96. The first kappa shape index (κ1) is 24.4. The van der Waals surface area contributed by atoms with Crippen LogP contribution in [0.4, 0.5) is 0 Å². The van der Waals surface area contributed by atoms with Crippen LogP contribution in [0.5, 0.6) is 0 Å². The minimum atomic E-state index is -3.40. The monoisotopic (exact) mass is 532 g/mol. The van der Waals surface area contributed by atoms with Gasteiger partial charge in [0.15, 0.2) is 0 Å². The van der Waals surface area contributed by atoms with Crippen LogP contribution in [0.25, 0.3) is 0 Å². The highest BCUT2D eigenvalue weighted by Gasteiger charge is 2.32. The van der Waals surface area contributed by atoms with Crippen molar-refractivity contribution >= 4 is 31.9 Å². The number of hydrogen-bond acceptors (Lipinski definition) is 3. The number of carbonyl (C=O) groups is 1. The summed E-state index contributed by atoms with van der Waals surface area (Å²) < 4.78 is 28.2. The second-order valence-electron chi connectivity index (χ2n) is 9.26. The predicted molar refractivity (Wildman–Crippen MR) is 135 cm³/mol. The number of sulfonamides is 1. The molecule has 0 aromatic heterocycles. The van der Waals surface area contributed by atoms with Crippen LogP contribution in [-0.4, -0.2) is 31.7 Å². The quantitative estimate of drug-likeness (QED) is 0.536. The van der Waals surface area contributed by atoms with E-state index in [9.17, 15) is 13.2 Å². The van der Waals surface area contributed by atoms with Gasteiger partial charge in [0.25, 0.3) is 0 Å². The number of fused-ring (bicyclic) bond motifs is 1. The van der Waals surface area contributed by atoms with Crippen LogP contribution in [-0.2, 0) is 33.4 Å². The molecule has 1 heterocycles. The fourth-order valence-corrected chi connectivity index (χ4v) is 7.00. The number of nitrogens with zero attached hydrogens (tertiary/aromatic N) is 1. The Hall–Kier alpha value is -1.70. The molecule has 178 valence electrons. The van der Waals surface area contributed by atoms with Crippen LogP contribution in [0.2, 0.25) is 0 Å². The maximum atomic E-state index is 13.0. The molecule has 1 aliphatic heterocycles. The number of piperidine rings is 1. The number of nitrogens with one attached hydrogen (secondary N) is 1. The zero-order valence-electron chi connectivity index (χ0n) is 19.2. The molecule has 0 radical (unpaired) electrons. The van der Waals surface area contributed by atoms with E-state index in [4.69, 9.17) is 0 Å². The first-order chi connectivity index (χ1) is 15.9. The van der Waals surface area contributed by atoms with Gasteiger partial charge in [0.05, 0.1) is 11.8 Å². The van der Waals surface area contributed by atoms with Gasteiger partial charge in [-0.25, -0.2) is 12.7 Å². The molecule has 1 aliphatic carbocycles. The summed E-state index contributed by atoms with van der Waals surface area (Å²) in [4.78, 5) is 13.0. The van der Waals surface area contributed by atoms with Crippen LogP contribution in [0, 0.1) is 5.92 Å². The fraction of sp³-hybridized carbons (Fsp3) is 0.500. The summed E-state index contributed by atoms with van der Waals surface area (Å²) >= 11 is 3.40. The smallest absolute Gasteiger partial charge is 0.223 e. The molecule has 7 heteroatoms. The topological polar surface area (TPSA) is 66.5 Å². The molecule has 1 atom stereocenters. The molecule has 2 aromatic rings. The van der Waals surface area contributed by atoms with Crippen LogP contribution >= 0.6 is 15.9 Å². The summed E-state index contributed by atoms with van der Waals surface area (Å²) in [5.74, 6) is -0.114. The number of aryl methyl sites for hydroxylation is 2. The third kappa shape index (κ3) is 6.06. The molecule has 1 N–H and O–H groups in total. The number of hydrogen-bond donors (Lipinski definition) is 1. The number of benzene rings is 2. The zero-order valence-corrected chi connectivity index (χ0v) is 21.6. The number of carbonyl (C=O) groups excluding carboxylic acids is 1. The van der Waals surface area contributed by atoms with Gasteiger partial charge in [-0.15, -0.1) is 0 Å². The SMILES string of the molecule is CC[C@@H](NC(=O)C1CCN(S(=O)(=O)Cc2cccc(Br)c2)CC1)c1ccc2c(c1)CCCC2. The lowest BCUT2D eigenvalue weighted by atomic mass is 9.88. The van der Waals surface area contributed by atoms with E-state index in [0.29, 0.717) is 25.9 Å². The van der Waals surface area contributed by atoms with Gasteiger partial charge in [0.1, 0.15) is 0 Å². The molecular weight excluding hydrogens is 500 g/mol. The lowest BCUT2D eigenvalue weighted by molar-refractivity contribution is -0.126. The van der Waals surface area contributed by atoms with Gasteiger partial charge in [0, 0.05) is 23.5 Å². The van der Waals surface area contributed by atoms with E-state index in [2.05, 4.69) is 46.4 Å². The molecule has 1 fully saturated rings. The van der Waals surface area contributed by atoms with Gasteiger partial charge < -0.3 is 5.32 Å². The van der Waals surface area contributed by atoms with Gasteiger partial charge in [-0.05, 0) is 79.3 Å². The van der Waals surface area contributed by atoms with Crippen molar-refractivity contribution in [3.8, 4) is 0 Å². The summed E-state index contributed by atoms with van der Waals surface area (Å²) in [6.07, 6.45) is 6.74. The van der Waals surface area contributed by atoms with Crippen molar-refractivity contribution in [2.45, 2.75) is 63.7 Å². The van der Waals surface area contributed by atoms with E-state index >= 15 is 0 Å². The minimum Gasteiger partial charge on any atom is -0.349 e. The third-order valence-corrected chi connectivity index (χ3v) is 9.30. The summed E-state index contributed by atoms with van der Waals surface area (Å²) in [5.41, 5.74) is 4.82. The second-order valence-corrected chi connectivity index (χ2v) is 12.1. The first-order valence-corrected chi connectivity index (χ1v) is 14.4. The summed E-state index contributed by atoms with van der Waals surface area (Å²) in [6.45, 7) is 2.88. The Morgan fingerprint density at radius 1 is 1.09 bits per heavy atom. The molecule has 1 saturated heterocycles. The van der Waals surface area contributed by atoms with E-state index in [1.807, 2.05) is 24.3 Å². The Labute approximate surface area is 206 Å². The highest BCUT2D eigenvalue weighted by Crippen LogP contribution is 2.28. The molecule has 5 nitrogen and oxygen atoms in total. The largest absolute Gasteiger partial charge is 0.349 e. The van der Waals surface area contributed by atoms with E-state index in [-0.39, 0.29) is 23.6 Å². The van der Waals surface area contributed by atoms with Gasteiger partial charge in [-0.3, -0.25) is 4.79 Å². The molecule has 0 saturated carbocycles. The van der Waals surface area contributed by atoms with E-state index < -0.39 is 10.0 Å². The van der Waals surface area contributed by atoms with E-state index in [1.165, 1.54) is 29.5 Å². The lowest BCUT2D eigenvalue weighted by Crippen LogP contribution is -2.44. The molecule has 1 amide bonds. The summed E-state index contributed by atoms with van der Waals surface area (Å²) in [7, 11) is -3.40. The summed E-state index contributed by atoms with van der Waals surface area (Å²) in [5, 5.41) is 3.25. The highest BCUT2D eigenvalue weighted by atomic mass is 79.9. The lowest BCUT2D eigenvalue weighted by Gasteiger charge is -2.31. The Balaban J connectivity index is 1.34. The van der Waals surface area contributed by atoms with Gasteiger partial charge >= 0.3 is 0 Å². The van der Waals surface area contributed by atoms with Crippen LogP contribution in [0.15, 0.2) is 46.9 Å². The van der Waals surface area contributed by atoms with Crippen molar-refractivity contribution in [3.63, 3.8) is 0 Å². The van der Waals surface area contributed by atoms with Crippen molar-refractivity contribution in [1.82, 2.24) is 9.62 Å². The number of rotatable bonds is 7. The van der Waals surface area contributed by atoms with Gasteiger partial charge in [-0.1, -0.05) is 53.2 Å². The normalized spacial score (nSPS) is 18.5. The predicted octanol–water partition coefficient (Wildman–Crippen LogP) is 5.14. The maximum absolute atomic E-state index is 13.0. The van der Waals surface area contributed by atoms with E-state index in [1.54, 1.807) is 4.31 Å². The Morgan fingerprint density at radius 3 is 2.52 bits per heavy atom. The van der Waals surface area contributed by atoms with Crippen molar-refractivity contribution < 1.29 is 13.2 Å². The van der Waals surface area contributed by atoms with Crippen molar-refractivity contribution in [3.05, 3.63) is 69.2 Å². The van der Waals surface area contributed by atoms with Crippen molar-refractivity contribution in [1.29, 1.82) is 0 Å². The molecule has 0 bridgehead atoms. The Bertz CT molecular complexity index is 1090. The minimum absolute atomic E-state index is 0.00279. The van der Waals surface area contributed by atoms with E-state index in [0.717, 1.165) is 29.3 Å². The first-order valence-electron chi connectivity index (χ1n) is 12.0. The average Bonchev–Trinajstić information content (AvgIpc) is 2.82. The van der Waals surface area contributed by atoms with Crippen molar-refractivity contribution in [2.24, 2.45) is 5.92 Å². The molecular formula is C26H33BrN2O3S. The van der Waals surface area contributed by atoms with Crippen LogP contribution < -0.4 is 5.32 Å². The van der Waals surface area contributed by atoms with Crippen LogP contribution in [0.3, 0.4) is 0 Å². The maximum Gasteiger partial charge on any atom is 0.223 e. The van der Waals surface area contributed by atoms with Crippen LogP contribution in [0.1, 0.15) is 67.3 Å². The molecule has 2 aromatic carbocycles. The molecule has 33 heavy (non-hydrogen) atoms. The fourth-order valence-electron chi connectivity index (χ4n) is 5.01. The van der Waals surface area contributed by atoms with Crippen molar-refractivity contribution in [2.75, 3.05) is 13.1 Å². The Kier molecular flexibility index (Phi) is 7.92. The van der Waals surface area contributed by atoms with Gasteiger partial charge in [0.2, 0.25) is 15.9 Å². The Morgan fingerprint density at radius 2 is 1.82 bits per heavy atom.